The van der Waals surface area contributed by atoms with E-state index in [2.05, 4.69) is 31.8 Å². The fourth-order valence-electron chi connectivity index (χ4n) is 2.73. The zero-order valence-corrected chi connectivity index (χ0v) is 9.87. The number of rotatable bonds is 0. The number of allylic oxidation sites excluding steroid dienone is 1. The van der Waals surface area contributed by atoms with Crippen molar-refractivity contribution >= 4 is 15.0 Å². The first-order valence-corrected chi connectivity index (χ1v) is 7.00. The Morgan fingerprint density at radius 2 is 1.92 bits per heavy atom. The number of fused-ring (bicyclic) bond motifs is 1. The molecule has 0 N–H and O–H groups in total. The predicted octanol–water partition coefficient (Wildman–Crippen LogP) is 2.93. The minimum absolute atomic E-state index is 0.818. The zero-order chi connectivity index (χ0) is 8.72. The van der Waals surface area contributed by atoms with Crippen LogP contribution in [0.2, 0.25) is 4.82 Å². The Labute approximate surface area is 82.0 Å². The Morgan fingerprint density at radius 3 is 2.67 bits per heavy atom. The molecule has 0 amide bonds. The molecule has 12 heavy (non-hydrogen) atoms. The van der Waals surface area contributed by atoms with Crippen molar-refractivity contribution in [1.29, 1.82) is 0 Å². The molecule has 0 saturated heterocycles. The average molecular weight is 229 g/mol. The third kappa shape index (κ3) is 1.28. The molecule has 1 aliphatic carbocycles. The van der Waals surface area contributed by atoms with Gasteiger partial charge in [0, 0.05) is 0 Å². The normalized spacial score (nSPS) is 52.4. The second-order valence-electron chi connectivity index (χ2n) is 4.56. The Bertz CT molecular complexity index is 197. The summed E-state index contributed by atoms with van der Waals surface area (Å²) in [5, 5.41) is 0. The van der Waals surface area contributed by atoms with Crippen LogP contribution >= 0.6 is 0 Å². The summed E-state index contributed by atoms with van der Waals surface area (Å²) in [6.07, 6.45) is 3.97. The summed E-state index contributed by atoms with van der Waals surface area (Å²) in [7, 11) is 0. The zero-order valence-electron chi connectivity index (χ0n) is 8.16. The molecule has 0 bridgehead atoms. The SMILES string of the molecule is CC1CC(C)C2[Se]C=CC2C1C. The Morgan fingerprint density at radius 1 is 1.17 bits per heavy atom. The first-order chi connectivity index (χ1) is 5.70. The summed E-state index contributed by atoms with van der Waals surface area (Å²) in [5.41, 5.74) is 0. The van der Waals surface area contributed by atoms with E-state index in [1.807, 2.05) is 0 Å². The van der Waals surface area contributed by atoms with Crippen molar-refractivity contribution in [2.45, 2.75) is 32.0 Å². The fraction of sp³-hybridized carbons (Fsp3) is 0.818. The van der Waals surface area contributed by atoms with E-state index in [9.17, 15) is 0 Å². The molecule has 68 valence electrons. The van der Waals surface area contributed by atoms with Gasteiger partial charge in [0.25, 0.3) is 0 Å². The van der Waals surface area contributed by atoms with Crippen molar-refractivity contribution in [1.82, 2.24) is 0 Å². The molecular weight excluding hydrogens is 211 g/mol. The molecule has 1 heterocycles. The molecule has 2 aliphatic rings. The quantitative estimate of drug-likeness (QED) is 0.560. The Hall–Kier alpha value is 0.259. The van der Waals surface area contributed by atoms with Crippen molar-refractivity contribution in [2.24, 2.45) is 23.7 Å². The maximum absolute atomic E-state index is 2.50. The van der Waals surface area contributed by atoms with Gasteiger partial charge in [0.2, 0.25) is 0 Å². The van der Waals surface area contributed by atoms with Crippen LogP contribution in [0.1, 0.15) is 27.2 Å². The predicted molar refractivity (Wildman–Crippen MR) is 54.2 cm³/mol. The van der Waals surface area contributed by atoms with E-state index in [-0.39, 0.29) is 0 Å². The van der Waals surface area contributed by atoms with Crippen LogP contribution in [0.15, 0.2) is 11.1 Å². The summed E-state index contributed by atoms with van der Waals surface area (Å²) >= 11 is 0.818. The summed E-state index contributed by atoms with van der Waals surface area (Å²) in [4.78, 5) is 3.51. The second-order valence-corrected chi connectivity index (χ2v) is 6.84. The van der Waals surface area contributed by atoms with E-state index >= 15 is 0 Å². The molecule has 0 nitrogen and oxygen atoms in total. The van der Waals surface area contributed by atoms with Crippen LogP contribution in [0.3, 0.4) is 0 Å². The van der Waals surface area contributed by atoms with E-state index in [1.54, 1.807) is 0 Å². The molecule has 5 atom stereocenters. The standard InChI is InChI=1S/C11H18Se/c1-7-6-8(2)11-10(9(7)3)4-5-12-11/h4-5,7-11H,6H2,1-3H3. The van der Waals surface area contributed by atoms with E-state index in [0.717, 1.165) is 43.4 Å². The third-order valence-electron chi connectivity index (χ3n) is 3.72. The summed E-state index contributed by atoms with van der Waals surface area (Å²) < 4.78 is 0. The maximum atomic E-state index is 2.50. The van der Waals surface area contributed by atoms with Gasteiger partial charge in [-0.3, -0.25) is 0 Å². The van der Waals surface area contributed by atoms with Crippen LogP contribution in [-0.4, -0.2) is 15.0 Å². The molecule has 5 unspecified atom stereocenters. The van der Waals surface area contributed by atoms with Gasteiger partial charge in [0.05, 0.1) is 0 Å². The van der Waals surface area contributed by atoms with Gasteiger partial charge in [-0.25, -0.2) is 0 Å². The van der Waals surface area contributed by atoms with Crippen molar-refractivity contribution in [3.63, 3.8) is 0 Å². The van der Waals surface area contributed by atoms with Gasteiger partial charge in [0.15, 0.2) is 0 Å². The molecule has 1 aliphatic heterocycles. The summed E-state index contributed by atoms with van der Waals surface area (Å²) in [5.74, 6) is 3.80. The third-order valence-corrected chi connectivity index (χ3v) is 6.68. The molecule has 0 spiro atoms. The minimum atomic E-state index is 0.818. The van der Waals surface area contributed by atoms with Crippen molar-refractivity contribution in [2.75, 3.05) is 0 Å². The molecule has 1 saturated carbocycles. The molecule has 0 aromatic carbocycles. The van der Waals surface area contributed by atoms with E-state index < -0.39 is 0 Å². The van der Waals surface area contributed by atoms with Crippen LogP contribution in [0.25, 0.3) is 0 Å². The van der Waals surface area contributed by atoms with Gasteiger partial charge < -0.3 is 0 Å². The second kappa shape index (κ2) is 3.20. The van der Waals surface area contributed by atoms with E-state index in [4.69, 9.17) is 0 Å². The monoisotopic (exact) mass is 230 g/mol. The van der Waals surface area contributed by atoms with Gasteiger partial charge in [-0.1, -0.05) is 0 Å². The molecule has 0 radical (unpaired) electrons. The Kier molecular flexibility index (Phi) is 2.35. The van der Waals surface area contributed by atoms with E-state index in [0.29, 0.717) is 0 Å². The van der Waals surface area contributed by atoms with E-state index in [1.165, 1.54) is 6.42 Å². The molecule has 2 rings (SSSR count). The molecule has 0 aromatic heterocycles. The van der Waals surface area contributed by atoms with Crippen LogP contribution in [0.5, 0.6) is 0 Å². The molecular formula is C11H18Se. The van der Waals surface area contributed by atoms with Gasteiger partial charge in [-0.2, -0.15) is 0 Å². The summed E-state index contributed by atoms with van der Waals surface area (Å²) in [6, 6.07) is 0. The molecule has 0 aromatic rings. The molecule has 1 heteroatoms. The van der Waals surface area contributed by atoms with Crippen LogP contribution in [0, 0.1) is 23.7 Å². The molecule has 1 fully saturated rings. The fourth-order valence-corrected chi connectivity index (χ4v) is 5.57. The van der Waals surface area contributed by atoms with Crippen LogP contribution in [-0.2, 0) is 0 Å². The van der Waals surface area contributed by atoms with Crippen molar-refractivity contribution in [3.8, 4) is 0 Å². The van der Waals surface area contributed by atoms with Gasteiger partial charge >= 0.3 is 81.7 Å². The number of hydrogen-bond donors (Lipinski definition) is 0. The topological polar surface area (TPSA) is 0 Å². The van der Waals surface area contributed by atoms with Gasteiger partial charge in [-0.15, -0.1) is 0 Å². The summed E-state index contributed by atoms with van der Waals surface area (Å²) in [6.45, 7) is 7.32. The van der Waals surface area contributed by atoms with Gasteiger partial charge in [-0.05, 0) is 0 Å². The van der Waals surface area contributed by atoms with Crippen molar-refractivity contribution < 1.29 is 0 Å². The van der Waals surface area contributed by atoms with Crippen LogP contribution < -0.4 is 0 Å². The van der Waals surface area contributed by atoms with Crippen LogP contribution in [0.4, 0.5) is 0 Å². The average Bonchev–Trinajstić information content (AvgIpc) is 2.48. The Balaban J connectivity index is 2.16. The number of hydrogen-bond acceptors (Lipinski definition) is 0. The van der Waals surface area contributed by atoms with Crippen molar-refractivity contribution in [3.05, 3.63) is 11.1 Å². The first kappa shape index (κ1) is 8.84. The van der Waals surface area contributed by atoms with Gasteiger partial charge in [0.1, 0.15) is 0 Å². The first-order valence-electron chi connectivity index (χ1n) is 5.02.